The summed E-state index contributed by atoms with van der Waals surface area (Å²) in [5.41, 5.74) is 5.55. The van der Waals surface area contributed by atoms with Gasteiger partial charge in [0.25, 0.3) is 0 Å². The van der Waals surface area contributed by atoms with Gasteiger partial charge in [0.1, 0.15) is 11.6 Å². The van der Waals surface area contributed by atoms with Crippen LogP contribution in [-0.2, 0) is 0 Å². The second kappa shape index (κ2) is 4.02. The molecule has 0 radical (unpaired) electrons. The van der Waals surface area contributed by atoms with Crippen molar-refractivity contribution in [2.24, 2.45) is 5.73 Å². The van der Waals surface area contributed by atoms with E-state index in [1.54, 1.807) is 0 Å². The zero-order valence-corrected chi connectivity index (χ0v) is 8.09. The van der Waals surface area contributed by atoms with Crippen LogP contribution in [0.15, 0.2) is 12.1 Å². The van der Waals surface area contributed by atoms with Crippen LogP contribution in [0.25, 0.3) is 0 Å². The lowest BCUT2D eigenvalue weighted by Gasteiger charge is -2.17. The van der Waals surface area contributed by atoms with Crippen LogP contribution in [0.1, 0.15) is 24.1 Å². The van der Waals surface area contributed by atoms with Crippen molar-refractivity contribution in [2.45, 2.75) is 26.0 Å². The molecular formula is C10H13F2NO. The minimum Gasteiger partial charge on any atom is -0.391 e. The molecule has 0 saturated carbocycles. The van der Waals surface area contributed by atoms with E-state index in [0.29, 0.717) is 5.56 Å². The van der Waals surface area contributed by atoms with Gasteiger partial charge in [-0.05, 0) is 25.5 Å². The summed E-state index contributed by atoms with van der Waals surface area (Å²) in [5.74, 6) is -1.40. The molecule has 0 fully saturated rings. The molecule has 2 nitrogen and oxygen atoms in total. The van der Waals surface area contributed by atoms with E-state index >= 15 is 0 Å². The van der Waals surface area contributed by atoms with Crippen LogP contribution in [0.2, 0.25) is 0 Å². The molecule has 1 aromatic rings. The summed E-state index contributed by atoms with van der Waals surface area (Å²) >= 11 is 0. The first-order valence-corrected chi connectivity index (χ1v) is 4.33. The van der Waals surface area contributed by atoms with Crippen LogP contribution in [0, 0.1) is 18.6 Å². The van der Waals surface area contributed by atoms with Crippen molar-refractivity contribution in [3.8, 4) is 0 Å². The van der Waals surface area contributed by atoms with E-state index in [1.165, 1.54) is 19.9 Å². The molecule has 0 aliphatic carbocycles. The van der Waals surface area contributed by atoms with Crippen molar-refractivity contribution in [3.63, 3.8) is 0 Å². The van der Waals surface area contributed by atoms with Crippen LogP contribution >= 0.6 is 0 Å². The molecule has 0 amide bonds. The van der Waals surface area contributed by atoms with E-state index in [9.17, 15) is 8.78 Å². The zero-order chi connectivity index (χ0) is 10.9. The fraction of sp³-hybridized carbons (Fsp3) is 0.400. The van der Waals surface area contributed by atoms with E-state index < -0.39 is 23.8 Å². The minimum absolute atomic E-state index is 0.250. The molecule has 0 aliphatic heterocycles. The number of nitrogens with two attached hydrogens (primary N) is 1. The van der Waals surface area contributed by atoms with E-state index in [4.69, 9.17) is 10.8 Å². The number of hydrogen-bond donors (Lipinski definition) is 2. The molecule has 78 valence electrons. The Bertz CT molecular complexity index is 339. The second-order valence-corrected chi connectivity index (χ2v) is 3.36. The Labute approximate surface area is 81.4 Å². The molecule has 0 bridgehead atoms. The number of rotatable bonds is 2. The first-order chi connectivity index (χ1) is 6.45. The number of aliphatic hydroxyl groups is 1. The predicted octanol–water partition coefficient (Wildman–Crippen LogP) is 1.65. The highest BCUT2D eigenvalue weighted by molar-refractivity contribution is 5.29. The Balaban J connectivity index is 3.25. The average Bonchev–Trinajstić information content (AvgIpc) is 2.12. The monoisotopic (exact) mass is 201 g/mol. The fourth-order valence-corrected chi connectivity index (χ4v) is 1.23. The Morgan fingerprint density at radius 3 is 2.43 bits per heavy atom. The number of aliphatic hydroxyl groups excluding tert-OH is 1. The Morgan fingerprint density at radius 1 is 1.36 bits per heavy atom. The van der Waals surface area contributed by atoms with Crippen molar-refractivity contribution in [1.82, 2.24) is 0 Å². The quantitative estimate of drug-likeness (QED) is 0.764. The molecule has 1 rings (SSSR count). The maximum atomic E-state index is 13.4. The third-order valence-corrected chi connectivity index (χ3v) is 2.17. The second-order valence-electron chi connectivity index (χ2n) is 3.36. The highest BCUT2D eigenvalue weighted by Gasteiger charge is 2.21. The molecule has 0 aliphatic rings. The van der Waals surface area contributed by atoms with Gasteiger partial charge >= 0.3 is 0 Å². The highest BCUT2D eigenvalue weighted by Crippen LogP contribution is 2.23. The number of hydrogen-bond acceptors (Lipinski definition) is 2. The normalized spacial score (nSPS) is 15.3. The Morgan fingerprint density at radius 2 is 1.93 bits per heavy atom. The van der Waals surface area contributed by atoms with Crippen LogP contribution in [0.4, 0.5) is 8.78 Å². The molecular weight excluding hydrogens is 188 g/mol. The average molecular weight is 201 g/mol. The molecule has 4 heteroatoms. The van der Waals surface area contributed by atoms with Crippen molar-refractivity contribution in [3.05, 3.63) is 34.9 Å². The van der Waals surface area contributed by atoms with Gasteiger partial charge in [0.15, 0.2) is 0 Å². The molecule has 14 heavy (non-hydrogen) atoms. The predicted molar refractivity (Wildman–Crippen MR) is 49.7 cm³/mol. The molecule has 3 N–H and O–H groups in total. The topological polar surface area (TPSA) is 46.2 Å². The zero-order valence-electron chi connectivity index (χ0n) is 8.09. The number of halogens is 2. The smallest absolute Gasteiger partial charge is 0.133 e. The van der Waals surface area contributed by atoms with E-state index in [-0.39, 0.29) is 5.56 Å². The van der Waals surface area contributed by atoms with Crippen molar-refractivity contribution in [1.29, 1.82) is 0 Å². The van der Waals surface area contributed by atoms with E-state index in [0.717, 1.165) is 6.07 Å². The van der Waals surface area contributed by atoms with Crippen LogP contribution < -0.4 is 5.73 Å². The van der Waals surface area contributed by atoms with Gasteiger partial charge in [-0.15, -0.1) is 0 Å². The summed E-state index contributed by atoms with van der Waals surface area (Å²) in [6.45, 7) is 2.92. The summed E-state index contributed by atoms with van der Waals surface area (Å²) in [4.78, 5) is 0. The Kier molecular flexibility index (Phi) is 3.18. The molecule has 1 aromatic carbocycles. The maximum Gasteiger partial charge on any atom is 0.133 e. The summed E-state index contributed by atoms with van der Waals surface area (Å²) in [6, 6.07) is 1.45. The molecule has 0 saturated heterocycles. The summed E-state index contributed by atoms with van der Waals surface area (Å²) in [6.07, 6.45) is -0.985. The van der Waals surface area contributed by atoms with E-state index in [2.05, 4.69) is 0 Å². The first-order valence-electron chi connectivity index (χ1n) is 4.33. The van der Waals surface area contributed by atoms with Crippen molar-refractivity contribution < 1.29 is 13.9 Å². The summed E-state index contributed by atoms with van der Waals surface area (Å²) < 4.78 is 26.7. The van der Waals surface area contributed by atoms with E-state index in [1.807, 2.05) is 0 Å². The number of aryl methyl sites for hydroxylation is 1. The lowest BCUT2D eigenvalue weighted by molar-refractivity contribution is 0.160. The van der Waals surface area contributed by atoms with Crippen LogP contribution in [0.5, 0.6) is 0 Å². The van der Waals surface area contributed by atoms with Gasteiger partial charge in [-0.25, -0.2) is 8.78 Å². The molecule has 0 aromatic heterocycles. The van der Waals surface area contributed by atoms with Crippen molar-refractivity contribution >= 4 is 0 Å². The summed E-state index contributed by atoms with van der Waals surface area (Å²) in [5, 5.41) is 9.16. The van der Waals surface area contributed by atoms with Gasteiger partial charge in [-0.3, -0.25) is 0 Å². The lowest BCUT2D eigenvalue weighted by Crippen LogP contribution is -2.25. The first kappa shape index (κ1) is 11.1. The molecule has 0 unspecified atom stereocenters. The van der Waals surface area contributed by atoms with Gasteiger partial charge < -0.3 is 10.8 Å². The van der Waals surface area contributed by atoms with Gasteiger partial charge in [0.2, 0.25) is 0 Å². The Hall–Kier alpha value is -1.00. The summed E-state index contributed by atoms with van der Waals surface area (Å²) in [7, 11) is 0. The SMILES string of the molecule is Cc1ccc(F)c([C@H](N)[C@H](C)O)c1F. The minimum atomic E-state index is -1.03. The van der Waals surface area contributed by atoms with Crippen molar-refractivity contribution in [2.75, 3.05) is 0 Å². The standard InChI is InChI=1S/C10H13F2NO/c1-5-3-4-7(11)8(9(5)12)10(13)6(2)14/h3-4,6,10,14H,13H2,1-2H3/t6-,10+/m0/s1. The molecule has 0 spiro atoms. The van der Waals surface area contributed by atoms with Gasteiger partial charge in [0.05, 0.1) is 12.1 Å². The van der Waals surface area contributed by atoms with Gasteiger partial charge in [-0.1, -0.05) is 6.07 Å². The lowest BCUT2D eigenvalue weighted by atomic mass is 10.00. The third kappa shape index (κ3) is 1.91. The molecule has 0 heterocycles. The highest BCUT2D eigenvalue weighted by atomic mass is 19.1. The molecule has 2 atom stereocenters. The number of benzene rings is 1. The van der Waals surface area contributed by atoms with Gasteiger partial charge in [0, 0.05) is 5.56 Å². The largest absolute Gasteiger partial charge is 0.391 e. The third-order valence-electron chi connectivity index (χ3n) is 2.17. The van der Waals surface area contributed by atoms with Crippen LogP contribution in [-0.4, -0.2) is 11.2 Å². The fourth-order valence-electron chi connectivity index (χ4n) is 1.23. The maximum absolute atomic E-state index is 13.4. The van der Waals surface area contributed by atoms with Gasteiger partial charge in [-0.2, -0.15) is 0 Å². The van der Waals surface area contributed by atoms with Crippen LogP contribution in [0.3, 0.4) is 0 Å².